The molecule has 0 saturated carbocycles. The van der Waals surface area contributed by atoms with Crippen molar-refractivity contribution >= 4 is 5.78 Å². The Morgan fingerprint density at radius 2 is 2.09 bits per heavy atom. The molecule has 58 valence electrons. The largest absolute Gasteiger partial charge is 0.316 e. The van der Waals surface area contributed by atoms with Gasteiger partial charge < -0.3 is 5.32 Å². The topological polar surface area (TPSA) is 29.1 Å². The van der Waals surface area contributed by atoms with Gasteiger partial charge in [0.25, 0.3) is 0 Å². The lowest BCUT2D eigenvalue weighted by Gasteiger charge is -2.20. The highest BCUT2D eigenvalue weighted by Gasteiger charge is 2.29. The van der Waals surface area contributed by atoms with Crippen LogP contribution in [0, 0.1) is 5.41 Å². The SMILES string of the molecule is O=C1C=CC2(C=C1)CCNC2. The molecule has 2 heteroatoms. The molecule has 0 amide bonds. The molecule has 1 saturated heterocycles. The summed E-state index contributed by atoms with van der Waals surface area (Å²) in [6.07, 6.45) is 8.51. The van der Waals surface area contributed by atoms with E-state index in [1.165, 1.54) is 0 Å². The third-order valence-electron chi connectivity index (χ3n) is 2.38. The number of allylic oxidation sites excluding steroid dienone is 2. The fraction of sp³-hybridized carbons (Fsp3) is 0.444. The van der Waals surface area contributed by atoms with Crippen molar-refractivity contribution in [3.63, 3.8) is 0 Å². The van der Waals surface area contributed by atoms with Crippen LogP contribution in [0.2, 0.25) is 0 Å². The summed E-state index contributed by atoms with van der Waals surface area (Å²) in [7, 11) is 0. The highest BCUT2D eigenvalue weighted by molar-refractivity contribution is 6.00. The minimum absolute atomic E-state index is 0.113. The second-order valence-corrected chi connectivity index (χ2v) is 3.23. The average molecular weight is 149 g/mol. The van der Waals surface area contributed by atoms with E-state index in [0.29, 0.717) is 0 Å². The number of rotatable bonds is 0. The van der Waals surface area contributed by atoms with Crippen molar-refractivity contribution in [3.8, 4) is 0 Å². The van der Waals surface area contributed by atoms with E-state index < -0.39 is 0 Å². The predicted molar refractivity (Wildman–Crippen MR) is 43.2 cm³/mol. The molecule has 0 radical (unpaired) electrons. The first-order valence-electron chi connectivity index (χ1n) is 3.94. The fourth-order valence-electron chi connectivity index (χ4n) is 1.62. The summed E-state index contributed by atoms with van der Waals surface area (Å²) in [6.45, 7) is 2.04. The summed E-state index contributed by atoms with van der Waals surface area (Å²) in [5.74, 6) is 0.113. The van der Waals surface area contributed by atoms with E-state index in [0.717, 1.165) is 19.5 Å². The van der Waals surface area contributed by atoms with Gasteiger partial charge in [0.05, 0.1) is 0 Å². The zero-order chi connectivity index (χ0) is 7.73. The molecule has 1 aliphatic carbocycles. The Labute approximate surface area is 66.0 Å². The van der Waals surface area contributed by atoms with E-state index in [1.807, 2.05) is 12.2 Å². The maximum atomic E-state index is 10.8. The molecule has 0 aromatic heterocycles. The van der Waals surface area contributed by atoms with Gasteiger partial charge in [0.15, 0.2) is 5.78 Å². The first-order chi connectivity index (χ1) is 5.31. The van der Waals surface area contributed by atoms with Crippen LogP contribution >= 0.6 is 0 Å². The standard InChI is InChI=1S/C9H11NO/c11-8-1-3-9(4-2-8)5-6-10-7-9/h1-4,10H,5-7H2. The molecule has 0 aromatic rings. The van der Waals surface area contributed by atoms with Crippen molar-refractivity contribution in [2.45, 2.75) is 6.42 Å². The van der Waals surface area contributed by atoms with Gasteiger partial charge in [-0.05, 0) is 25.1 Å². The van der Waals surface area contributed by atoms with Crippen molar-refractivity contribution in [1.82, 2.24) is 5.32 Å². The molecule has 0 unspecified atom stereocenters. The van der Waals surface area contributed by atoms with E-state index in [9.17, 15) is 4.79 Å². The van der Waals surface area contributed by atoms with Gasteiger partial charge in [0, 0.05) is 12.0 Å². The maximum Gasteiger partial charge on any atom is 0.178 e. The van der Waals surface area contributed by atoms with Gasteiger partial charge >= 0.3 is 0 Å². The van der Waals surface area contributed by atoms with Crippen LogP contribution in [-0.4, -0.2) is 18.9 Å². The lowest BCUT2D eigenvalue weighted by atomic mass is 9.83. The number of nitrogens with one attached hydrogen (secondary N) is 1. The molecule has 2 rings (SSSR count). The van der Waals surface area contributed by atoms with Gasteiger partial charge in [-0.25, -0.2) is 0 Å². The highest BCUT2D eigenvalue weighted by Crippen LogP contribution is 2.30. The Bertz CT molecular complexity index is 216. The molecule has 1 spiro atoms. The van der Waals surface area contributed by atoms with Crippen LogP contribution in [0.1, 0.15) is 6.42 Å². The van der Waals surface area contributed by atoms with E-state index in [-0.39, 0.29) is 11.2 Å². The molecular weight excluding hydrogens is 138 g/mol. The average Bonchev–Trinajstić information content (AvgIpc) is 2.45. The first-order valence-corrected chi connectivity index (χ1v) is 3.94. The monoisotopic (exact) mass is 149 g/mol. The smallest absolute Gasteiger partial charge is 0.178 e. The molecule has 1 fully saturated rings. The second-order valence-electron chi connectivity index (χ2n) is 3.23. The van der Waals surface area contributed by atoms with Crippen LogP contribution in [0.4, 0.5) is 0 Å². The van der Waals surface area contributed by atoms with Crippen LogP contribution < -0.4 is 5.32 Å². The number of ketones is 1. The Hall–Kier alpha value is -0.890. The lowest BCUT2D eigenvalue weighted by molar-refractivity contribution is -0.110. The molecule has 0 bridgehead atoms. The van der Waals surface area contributed by atoms with Gasteiger partial charge in [0.1, 0.15) is 0 Å². The minimum atomic E-state index is 0.113. The Kier molecular flexibility index (Phi) is 1.43. The quantitative estimate of drug-likeness (QED) is 0.548. The number of carbonyl (C=O) groups is 1. The van der Waals surface area contributed by atoms with Crippen molar-refractivity contribution in [3.05, 3.63) is 24.3 Å². The highest BCUT2D eigenvalue weighted by atomic mass is 16.1. The Balaban J connectivity index is 2.22. The van der Waals surface area contributed by atoms with Gasteiger partial charge in [0.2, 0.25) is 0 Å². The van der Waals surface area contributed by atoms with E-state index in [4.69, 9.17) is 0 Å². The second kappa shape index (κ2) is 2.31. The molecule has 2 aliphatic rings. The molecule has 0 aromatic carbocycles. The van der Waals surface area contributed by atoms with E-state index in [2.05, 4.69) is 5.32 Å². The third-order valence-corrected chi connectivity index (χ3v) is 2.38. The summed E-state index contributed by atoms with van der Waals surface area (Å²) in [5, 5.41) is 3.28. The molecule has 11 heavy (non-hydrogen) atoms. The number of hydrogen-bond acceptors (Lipinski definition) is 2. The van der Waals surface area contributed by atoms with E-state index >= 15 is 0 Å². The van der Waals surface area contributed by atoms with Crippen molar-refractivity contribution in [1.29, 1.82) is 0 Å². The summed E-state index contributed by atoms with van der Waals surface area (Å²) >= 11 is 0. The third kappa shape index (κ3) is 1.14. The molecule has 1 heterocycles. The minimum Gasteiger partial charge on any atom is -0.316 e. The predicted octanol–water partition coefficient (Wildman–Crippen LogP) is 0.661. The Morgan fingerprint density at radius 1 is 1.36 bits per heavy atom. The van der Waals surface area contributed by atoms with Crippen LogP contribution in [0.15, 0.2) is 24.3 Å². The zero-order valence-electron chi connectivity index (χ0n) is 6.34. The summed E-state index contributed by atoms with van der Waals surface area (Å²) in [6, 6.07) is 0. The first kappa shape index (κ1) is 6.80. The van der Waals surface area contributed by atoms with Crippen LogP contribution in [0.5, 0.6) is 0 Å². The van der Waals surface area contributed by atoms with Gasteiger partial charge in [-0.3, -0.25) is 4.79 Å². The summed E-state index contributed by atoms with van der Waals surface area (Å²) < 4.78 is 0. The molecule has 1 aliphatic heterocycles. The van der Waals surface area contributed by atoms with Gasteiger partial charge in [-0.1, -0.05) is 12.2 Å². The van der Waals surface area contributed by atoms with Gasteiger partial charge in [-0.2, -0.15) is 0 Å². The lowest BCUT2D eigenvalue weighted by Crippen LogP contribution is -2.21. The molecule has 0 atom stereocenters. The van der Waals surface area contributed by atoms with Crippen LogP contribution in [0.25, 0.3) is 0 Å². The summed E-state index contributed by atoms with van der Waals surface area (Å²) in [5.41, 5.74) is 0.161. The number of hydrogen-bond donors (Lipinski definition) is 1. The molecule has 1 N–H and O–H groups in total. The zero-order valence-corrected chi connectivity index (χ0v) is 6.34. The molecular formula is C9H11NO. The number of carbonyl (C=O) groups excluding carboxylic acids is 1. The van der Waals surface area contributed by atoms with Gasteiger partial charge in [-0.15, -0.1) is 0 Å². The van der Waals surface area contributed by atoms with Crippen molar-refractivity contribution in [2.24, 2.45) is 5.41 Å². The van der Waals surface area contributed by atoms with Crippen molar-refractivity contribution in [2.75, 3.05) is 13.1 Å². The van der Waals surface area contributed by atoms with Crippen LogP contribution in [-0.2, 0) is 4.79 Å². The van der Waals surface area contributed by atoms with E-state index in [1.54, 1.807) is 12.2 Å². The maximum absolute atomic E-state index is 10.8. The van der Waals surface area contributed by atoms with Crippen molar-refractivity contribution < 1.29 is 4.79 Å². The Morgan fingerprint density at radius 3 is 2.64 bits per heavy atom. The molecule has 2 nitrogen and oxygen atoms in total. The summed E-state index contributed by atoms with van der Waals surface area (Å²) in [4.78, 5) is 10.8. The normalized spacial score (nSPS) is 26.7. The van der Waals surface area contributed by atoms with Crippen LogP contribution in [0.3, 0.4) is 0 Å². The fourth-order valence-corrected chi connectivity index (χ4v) is 1.62.